The molecular formula is C13H16BrNO. The van der Waals surface area contributed by atoms with Crippen molar-refractivity contribution in [2.75, 3.05) is 27.3 Å². The summed E-state index contributed by atoms with van der Waals surface area (Å²) in [5, 5.41) is 0. The van der Waals surface area contributed by atoms with Crippen molar-refractivity contribution >= 4 is 21.5 Å². The average Bonchev–Trinajstić information content (AvgIpc) is 2.69. The van der Waals surface area contributed by atoms with Crippen molar-refractivity contribution in [1.29, 1.82) is 0 Å². The first kappa shape index (κ1) is 11.8. The lowest BCUT2D eigenvalue weighted by atomic mass is 10.0. The third kappa shape index (κ3) is 2.73. The van der Waals surface area contributed by atoms with Gasteiger partial charge in [0.15, 0.2) is 0 Å². The standard InChI is InChI=1S/C13H16BrNO/c1-15(2)8-11-7-12(14)3-4-13(11)10-5-6-16-9-10/h3-5,7H,6,8-9H2,1-2H3. The van der Waals surface area contributed by atoms with E-state index in [1.165, 1.54) is 16.7 Å². The highest BCUT2D eigenvalue weighted by Gasteiger charge is 2.12. The van der Waals surface area contributed by atoms with E-state index in [1.54, 1.807) is 0 Å². The van der Waals surface area contributed by atoms with Gasteiger partial charge in [0.25, 0.3) is 0 Å². The van der Waals surface area contributed by atoms with E-state index >= 15 is 0 Å². The van der Waals surface area contributed by atoms with Crippen LogP contribution in [0.4, 0.5) is 0 Å². The minimum atomic E-state index is 0.738. The van der Waals surface area contributed by atoms with Crippen LogP contribution in [0.1, 0.15) is 11.1 Å². The van der Waals surface area contributed by atoms with E-state index < -0.39 is 0 Å². The molecule has 1 aliphatic rings. The molecule has 0 spiro atoms. The first-order valence-corrected chi connectivity index (χ1v) is 6.16. The molecule has 0 saturated carbocycles. The number of ether oxygens (including phenoxy) is 1. The van der Waals surface area contributed by atoms with Crippen molar-refractivity contribution in [3.8, 4) is 0 Å². The van der Waals surface area contributed by atoms with Gasteiger partial charge in [-0.15, -0.1) is 0 Å². The number of halogens is 1. The van der Waals surface area contributed by atoms with E-state index in [9.17, 15) is 0 Å². The Balaban J connectivity index is 2.35. The highest BCUT2D eigenvalue weighted by Crippen LogP contribution is 2.26. The summed E-state index contributed by atoms with van der Waals surface area (Å²) >= 11 is 3.53. The largest absolute Gasteiger partial charge is 0.373 e. The molecule has 0 unspecified atom stereocenters. The SMILES string of the molecule is CN(C)Cc1cc(Br)ccc1C1=CCOC1. The first-order chi connectivity index (χ1) is 7.66. The van der Waals surface area contributed by atoms with Crippen LogP contribution in [0.25, 0.3) is 5.57 Å². The maximum absolute atomic E-state index is 5.38. The van der Waals surface area contributed by atoms with Crippen LogP contribution in [0, 0.1) is 0 Å². The van der Waals surface area contributed by atoms with Crippen LogP contribution in [0.15, 0.2) is 28.7 Å². The van der Waals surface area contributed by atoms with E-state index in [-0.39, 0.29) is 0 Å². The van der Waals surface area contributed by atoms with Crippen molar-refractivity contribution in [3.63, 3.8) is 0 Å². The Morgan fingerprint density at radius 3 is 2.81 bits per heavy atom. The van der Waals surface area contributed by atoms with Gasteiger partial charge in [-0.25, -0.2) is 0 Å². The Labute approximate surface area is 105 Å². The predicted octanol–water partition coefficient (Wildman–Crippen LogP) is 2.92. The summed E-state index contributed by atoms with van der Waals surface area (Å²) in [5.41, 5.74) is 3.97. The Morgan fingerprint density at radius 2 is 2.19 bits per heavy atom. The highest BCUT2D eigenvalue weighted by molar-refractivity contribution is 9.10. The van der Waals surface area contributed by atoms with E-state index in [0.29, 0.717) is 0 Å². The summed E-state index contributed by atoms with van der Waals surface area (Å²) in [7, 11) is 4.18. The van der Waals surface area contributed by atoms with Crippen LogP contribution in [0.5, 0.6) is 0 Å². The monoisotopic (exact) mass is 281 g/mol. The second-order valence-electron chi connectivity index (χ2n) is 4.28. The molecule has 2 nitrogen and oxygen atoms in total. The normalized spacial score (nSPS) is 15.6. The Bertz CT molecular complexity index is 412. The van der Waals surface area contributed by atoms with Crippen molar-refractivity contribution in [3.05, 3.63) is 39.9 Å². The molecule has 1 aliphatic heterocycles. The molecule has 0 bridgehead atoms. The summed E-state index contributed by atoms with van der Waals surface area (Å²) in [6.07, 6.45) is 2.17. The average molecular weight is 282 g/mol. The number of benzene rings is 1. The lowest BCUT2D eigenvalue weighted by Crippen LogP contribution is -2.12. The molecule has 0 fully saturated rings. The Morgan fingerprint density at radius 1 is 1.38 bits per heavy atom. The summed E-state index contributed by atoms with van der Waals surface area (Å²) in [5.74, 6) is 0. The molecule has 86 valence electrons. The summed E-state index contributed by atoms with van der Waals surface area (Å²) in [6.45, 7) is 2.43. The third-order valence-electron chi connectivity index (χ3n) is 2.60. The molecule has 2 rings (SSSR count). The number of rotatable bonds is 3. The summed E-state index contributed by atoms with van der Waals surface area (Å²) in [4.78, 5) is 2.18. The van der Waals surface area contributed by atoms with Gasteiger partial charge in [-0.05, 0) is 42.9 Å². The molecule has 1 aromatic rings. The van der Waals surface area contributed by atoms with Crippen LogP contribution < -0.4 is 0 Å². The third-order valence-corrected chi connectivity index (χ3v) is 3.10. The lowest BCUT2D eigenvalue weighted by Gasteiger charge is -2.15. The fourth-order valence-corrected chi connectivity index (χ4v) is 2.33. The Hall–Kier alpha value is -0.640. The Kier molecular flexibility index (Phi) is 3.79. The second kappa shape index (κ2) is 5.13. The quantitative estimate of drug-likeness (QED) is 0.845. The molecule has 0 aliphatic carbocycles. The maximum atomic E-state index is 5.38. The van der Waals surface area contributed by atoms with Crippen LogP contribution in [0.3, 0.4) is 0 Å². The first-order valence-electron chi connectivity index (χ1n) is 5.37. The van der Waals surface area contributed by atoms with Crippen LogP contribution in [0.2, 0.25) is 0 Å². The smallest absolute Gasteiger partial charge is 0.0724 e. The van der Waals surface area contributed by atoms with E-state index in [2.05, 4.69) is 59.2 Å². The molecule has 0 amide bonds. The van der Waals surface area contributed by atoms with E-state index in [4.69, 9.17) is 4.74 Å². The second-order valence-corrected chi connectivity index (χ2v) is 5.20. The van der Waals surface area contributed by atoms with Gasteiger partial charge in [-0.2, -0.15) is 0 Å². The molecule has 3 heteroatoms. The maximum Gasteiger partial charge on any atom is 0.0724 e. The molecule has 0 aromatic heterocycles. The van der Waals surface area contributed by atoms with Gasteiger partial charge in [-0.1, -0.05) is 28.1 Å². The van der Waals surface area contributed by atoms with Crippen LogP contribution in [-0.2, 0) is 11.3 Å². The molecule has 1 aromatic carbocycles. The zero-order valence-electron chi connectivity index (χ0n) is 9.66. The van der Waals surface area contributed by atoms with E-state index in [1.807, 2.05) is 0 Å². The molecule has 0 saturated heterocycles. The van der Waals surface area contributed by atoms with Gasteiger partial charge in [-0.3, -0.25) is 0 Å². The summed E-state index contributed by atoms with van der Waals surface area (Å²) < 4.78 is 6.52. The number of nitrogens with zero attached hydrogens (tertiary/aromatic N) is 1. The zero-order chi connectivity index (χ0) is 11.5. The van der Waals surface area contributed by atoms with Crippen molar-refractivity contribution < 1.29 is 4.74 Å². The van der Waals surface area contributed by atoms with Crippen molar-refractivity contribution in [1.82, 2.24) is 4.90 Å². The van der Waals surface area contributed by atoms with Crippen LogP contribution in [-0.4, -0.2) is 32.2 Å². The van der Waals surface area contributed by atoms with E-state index in [0.717, 1.165) is 24.2 Å². The fraction of sp³-hybridized carbons (Fsp3) is 0.385. The van der Waals surface area contributed by atoms with Crippen molar-refractivity contribution in [2.24, 2.45) is 0 Å². The summed E-state index contributed by atoms with van der Waals surface area (Å²) in [6, 6.07) is 6.45. The molecule has 1 heterocycles. The topological polar surface area (TPSA) is 12.5 Å². The lowest BCUT2D eigenvalue weighted by molar-refractivity contribution is 0.216. The van der Waals surface area contributed by atoms with Gasteiger partial charge in [0, 0.05) is 11.0 Å². The minimum absolute atomic E-state index is 0.738. The number of hydrogen-bond acceptors (Lipinski definition) is 2. The van der Waals surface area contributed by atoms with Gasteiger partial charge in [0.05, 0.1) is 13.2 Å². The zero-order valence-corrected chi connectivity index (χ0v) is 11.3. The van der Waals surface area contributed by atoms with Gasteiger partial charge in [0.2, 0.25) is 0 Å². The molecule has 0 radical (unpaired) electrons. The fourth-order valence-electron chi connectivity index (χ4n) is 1.92. The predicted molar refractivity (Wildman–Crippen MR) is 70.3 cm³/mol. The van der Waals surface area contributed by atoms with Gasteiger partial charge >= 0.3 is 0 Å². The number of hydrogen-bond donors (Lipinski definition) is 0. The van der Waals surface area contributed by atoms with Crippen LogP contribution >= 0.6 is 15.9 Å². The molecule has 16 heavy (non-hydrogen) atoms. The molecule has 0 atom stereocenters. The molecule has 0 N–H and O–H groups in total. The van der Waals surface area contributed by atoms with Crippen molar-refractivity contribution in [2.45, 2.75) is 6.54 Å². The van der Waals surface area contributed by atoms with Gasteiger partial charge in [0.1, 0.15) is 0 Å². The molecular weight excluding hydrogens is 266 g/mol. The van der Waals surface area contributed by atoms with Gasteiger partial charge < -0.3 is 9.64 Å². The minimum Gasteiger partial charge on any atom is -0.373 e. The highest BCUT2D eigenvalue weighted by atomic mass is 79.9.